The highest BCUT2D eigenvalue weighted by molar-refractivity contribution is 6.35. The first-order valence-corrected chi connectivity index (χ1v) is 11.9. The predicted octanol–water partition coefficient (Wildman–Crippen LogP) is 5.17. The van der Waals surface area contributed by atoms with E-state index in [1.807, 2.05) is 6.07 Å². The molecular formula is C23H31ClN4O3. The minimum atomic E-state index is -0.428. The van der Waals surface area contributed by atoms with Crippen molar-refractivity contribution in [3.63, 3.8) is 0 Å². The van der Waals surface area contributed by atoms with Crippen LogP contribution in [0.3, 0.4) is 0 Å². The maximum Gasteiger partial charge on any atom is 0.319 e. The second-order valence-corrected chi connectivity index (χ2v) is 9.85. The Morgan fingerprint density at radius 1 is 1.29 bits per heavy atom. The second kappa shape index (κ2) is 8.26. The van der Waals surface area contributed by atoms with E-state index < -0.39 is 5.54 Å². The van der Waals surface area contributed by atoms with E-state index in [9.17, 15) is 4.79 Å². The summed E-state index contributed by atoms with van der Waals surface area (Å²) in [6.07, 6.45) is 7.77. The zero-order valence-corrected chi connectivity index (χ0v) is 19.1. The number of nitrogens with zero attached hydrogens (tertiary/aromatic N) is 2. The fraction of sp³-hybridized carbons (Fsp3) is 0.652. The number of oxazole rings is 1. The Morgan fingerprint density at radius 3 is 2.74 bits per heavy atom. The number of hydrogen-bond acceptors (Lipinski definition) is 5. The summed E-state index contributed by atoms with van der Waals surface area (Å²) >= 11 is 6.60. The van der Waals surface area contributed by atoms with E-state index in [0.717, 1.165) is 68.3 Å². The SMILES string of the molecule is CC(C)OC1CCN(Cc2nc3cc(Cl)c4c(c3o2)C2(CCCCC2)NC(=O)N4)CC1. The molecule has 0 atom stereocenters. The summed E-state index contributed by atoms with van der Waals surface area (Å²) in [5.74, 6) is 0.700. The summed E-state index contributed by atoms with van der Waals surface area (Å²) < 4.78 is 12.3. The predicted molar refractivity (Wildman–Crippen MR) is 120 cm³/mol. The van der Waals surface area contributed by atoms with Crippen LogP contribution in [0.2, 0.25) is 5.02 Å². The molecule has 3 heterocycles. The first-order chi connectivity index (χ1) is 14.9. The molecule has 1 aromatic carbocycles. The molecule has 1 aliphatic carbocycles. The van der Waals surface area contributed by atoms with Gasteiger partial charge in [-0.2, -0.15) is 0 Å². The molecule has 2 N–H and O–H groups in total. The van der Waals surface area contributed by atoms with Crippen LogP contribution in [0.4, 0.5) is 10.5 Å². The summed E-state index contributed by atoms with van der Waals surface area (Å²) in [6, 6.07) is 1.62. The smallest absolute Gasteiger partial charge is 0.319 e. The third-order valence-electron chi connectivity index (χ3n) is 6.81. The molecule has 168 valence electrons. The topological polar surface area (TPSA) is 79.6 Å². The van der Waals surface area contributed by atoms with Gasteiger partial charge in [-0.25, -0.2) is 9.78 Å². The van der Waals surface area contributed by atoms with E-state index in [4.69, 9.17) is 25.7 Å². The molecule has 7 nitrogen and oxygen atoms in total. The molecule has 2 fully saturated rings. The summed E-state index contributed by atoms with van der Waals surface area (Å²) in [7, 11) is 0. The third-order valence-corrected chi connectivity index (χ3v) is 7.11. The number of urea groups is 1. The first kappa shape index (κ1) is 21.0. The maximum atomic E-state index is 12.4. The van der Waals surface area contributed by atoms with Crippen LogP contribution in [-0.2, 0) is 16.8 Å². The lowest BCUT2D eigenvalue weighted by Crippen LogP contribution is -2.52. The maximum absolute atomic E-state index is 12.4. The monoisotopic (exact) mass is 446 g/mol. The summed E-state index contributed by atoms with van der Waals surface area (Å²) in [4.78, 5) is 19.6. The highest BCUT2D eigenvalue weighted by atomic mass is 35.5. The Morgan fingerprint density at radius 2 is 2.03 bits per heavy atom. The zero-order chi connectivity index (χ0) is 21.6. The van der Waals surface area contributed by atoms with Crippen molar-refractivity contribution in [2.24, 2.45) is 0 Å². The molecule has 5 rings (SSSR count). The van der Waals surface area contributed by atoms with Gasteiger partial charge >= 0.3 is 6.03 Å². The van der Waals surface area contributed by atoms with Crippen LogP contribution in [0.25, 0.3) is 11.1 Å². The highest BCUT2D eigenvalue weighted by Crippen LogP contribution is 2.48. The lowest BCUT2D eigenvalue weighted by Gasteiger charge is -2.42. The number of likely N-dealkylation sites (tertiary alicyclic amines) is 1. The standard InChI is InChI=1S/C23H31ClN4O3/c1-14(2)30-15-6-10-28(11-7-15)13-18-25-17-12-16(24)20-19(21(17)31-18)23(27-22(29)26-20)8-4-3-5-9-23/h12,14-15H,3-11,13H2,1-2H3,(H2,26,27,29). The van der Waals surface area contributed by atoms with Gasteiger partial charge in [-0.1, -0.05) is 30.9 Å². The van der Waals surface area contributed by atoms with E-state index in [1.165, 1.54) is 6.42 Å². The normalized spacial score (nSPS) is 22.0. The average Bonchev–Trinajstić information content (AvgIpc) is 3.11. The number of carbonyl (C=O) groups excluding carboxylic acids is 1. The Labute approximate surface area is 187 Å². The van der Waals surface area contributed by atoms with Crippen LogP contribution in [-0.4, -0.2) is 41.2 Å². The van der Waals surface area contributed by atoms with Gasteiger partial charge < -0.3 is 19.8 Å². The van der Waals surface area contributed by atoms with Gasteiger partial charge in [0.05, 0.1) is 35.0 Å². The Bertz CT molecular complexity index is 975. The number of ether oxygens (including phenoxy) is 1. The second-order valence-electron chi connectivity index (χ2n) is 9.45. The summed E-state index contributed by atoms with van der Waals surface area (Å²) in [5, 5.41) is 6.63. The number of benzene rings is 1. The van der Waals surface area contributed by atoms with Gasteiger partial charge in [-0.3, -0.25) is 4.90 Å². The number of fused-ring (bicyclic) bond motifs is 4. The number of anilines is 1. The average molecular weight is 447 g/mol. The minimum absolute atomic E-state index is 0.193. The van der Waals surface area contributed by atoms with Crippen molar-refractivity contribution in [2.75, 3.05) is 18.4 Å². The Hall–Kier alpha value is -1.83. The van der Waals surface area contributed by atoms with Crippen LogP contribution >= 0.6 is 11.6 Å². The van der Waals surface area contributed by atoms with Gasteiger partial charge in [0, 0.05) is 18.7 Å². The van der Waals surface area contributed by atoms with Crippen LogP contribution in [0, 0.1) is 0 Å². The quantitative estimate of drug-likeness (QED) is 0.677. The van der Waals surface area contributed by atoms with Gasteiger partial charge in [0.15, 0.2) is 5.58 Å². The number of halogens is 1. The van der Waals surface area contributed by atoms with Crippen molar-refractivity contribution in [1.82, 2.24) is 15.2 Å². The molecule has 0 bridgehead atoms. The number of piperidine rings is 1. The molecule has 1 saturated heterocycles. The van der Waals surface area contributed by atoms with Crippen molar-refractivity contribution < 1.29 is 13.9 Å². The van der Waals surface area contributed by atoms with Crippen LogP contribution in [0.5, 0.6) is 0 Å². The first-order valence-electron chi connectivity index (χ1n) is 11.5. The third kappa shape index (κ3) is 4.03. The van der Waals surface area contributed by atoms with Crippen LogP contribution in [0.1, 0.15) is 70.2 Å². The highest BCUT2D eigenvalue weighted by Gasteiger charge is 2.44. The van der Waals surface area contributed by atoms with E-state index in [-0.39, 0.29) is 12.1 Å². The van der Waals surface area contributed by atoms with Gasteiger partial charge in [0.1, 0.15) is 5.52 Å². The summed E-state index contributed by atoms with van der Waals surface area (Å²) in [5.41, 5.74) is 2.73. The van der Waals surface area contributed by atoms with Crippen LogP contribution in [0.15, 0.2) is 10.5 Å². The molecule has 2 amide bonds. The lowest BCUT2D eigenvalue weighted by molar-refractivity contribution is -0.0288. The number of nitrogens with one attached hydrogen (secondary N) is 2. The molecule has 8 heteroatoms. The molecular weight excluding hydrogens is 416 g/mol. The lowest BCUT2D eigenvalue weighted by atomic mass is 9.74. The number of aromatic nitrogens is 1. The van der Waals surface area contributed by atoms with Crippen molar-refractivity contribution in [2.45, 2.75) is 83.1 Å². The Kier molecular flexibility index (Phi) is 5.61. The number of rotatable bonds is 4. The van der Waals surface area contributed by atoms with Crippen molar-refractivity contribution in [3.8, 4) is 0 Å². The molecule has 0 unspecified atom stereocenters. The number of carbonyl (C=O) groups is 1. The molecule has 2 aromatic rings. The van der Waals surface area contributed by atoms with Crippen molar-refractivity contribution >= 4 is 34.4 Å². The molecule has 1 aromatic heterocycles. The van der Waals surface area contributed by atoms with Gasteiger partial charge in [0.2, 0.25) is 5.89 Å². The largest absolute Gasteiger partial charge is 0.439 e. The molecule has 2 aliphatic heterocycles. The molecule has 31 heavy (non-hydrogen) atoms. The summed E-state index contributed by atoms with van der Waals surface area (Å²) in [6.45, 7) is 6.79. The zero-order valence-electron chi connectivity index (χ0n) is 18.3. The van der Waals surface area contributed by atoms with Crippen molar-refractivity contribution in [3.05, 3.63) is 22.5 Å². The van der Waals surface area contributed by atoms with E-state index in [1.54, 1.807) is 0 Å². The molecule has 3 aliphatic rings. The Balaban J connectivity index is 1.43. The fourth-order valence-electron chi connectivity index (χ4n) is 5.46. The molecule has 0 radical (unpaired) electrons. The molecule has 1 spiro atoms. The van der Waals surface area contributed by atoms with E-state index >= 15 is 0 Å². The minimum Gasteiger partial charge on any atom is -0.439 e. The van der Waals surface area contributed by atoms with E-state index in [0.29, 0.717) is 29.2 Å². The fourth-order valence-corrected chi connectivity index (χ4v) is 5.71. The van der Waals surface area contributed by atoms with Gasteiger partial charge in [-0.15, -0.1) is 0 Å². The van der Waals surface area contributed by atoms with E-state index in [2.05, 4.69) is 29.4 Å². The number of hydrogen-bond donors (Lipinski definition) is 2. The van der Waals surface area contributed by atoms with Crippen molar-refractivity contribution in [1.29, 1.82) is 0 Å². The molecule has 1 saturated carbocycles. The number of amides is 2. The van der Waals surface area contributed by atoms with Gasteiger partial charge in [-0.05, 0) is 45.6 Å². The van der Waals surface area contributed by atoms with Gasteiger partial charge in [0.25, 0.3) is 0 Å². The van der Waals surface area contributed by atoms with Crippen LogP contribution < -0.4 is 10.6 Å².